The minimum absolute atomic E-state index is 0.0102. The number of nitrogen functional groups attached to an aromatic ring is 1. The molecule has 2 aromatic rings. The summed E-state index contributed by atoms with van der Waals surface area (Å²) >= 11 is 1.53. The maximum atomic E-state index is 13.5. The predicted molar refractivity (Wildman–Crippen MR) is 70.1 cm³/mol. The summed E-state index contributed by atoms with van der Waals surface area (Å²) in [7, 11) is -1.70. The minimum atomic E-state index is -1.70. The largest absolute Gasteiger partial charge is 0.399 e. The lowest BCUT2D eigenvalue weighted by Gasteiger charge is -2.05. The van der Waals surface area contributed by atoms with Gasteiger partial charge in [0, 0.05) is 16.3 Å². The van der Waals surface area contributed by atoms with Gasteiger partial charge in [-0.25, -0.2) is 8.78 Å². The molecular weight excluding hydrogens is 276 g/mol. The molecule has 2 rings (SSSR count). The Morgan fingerprint density at radius 2 is 1.94 bits per heavy atom. The van der Waals surface area contributed by atoms with E-state index in [0.29, 0.717) is 6.42 Å². The van der Waals surface area contributed by atoms with Crippen LogP contribution in [0.25, 0.3) is 0 Å². The lowest BCUT2D eigenvalue weighted by Crippen LogP contribution is -2.06. The van der Waals surface area contributed by atoms with Crippen LogP contribution < -0.4 is 5.73 Å². The monoisotopic (exact) mass is 287 g/mol. The van der Waals surface area contributed by atoms with E-state index in [1.807, 2.05) is 17.5 Å². The molecule has 0 aliphatic heterocycles. The highest BCUT2D eigenvalue weighted by Gasteiger charge is 2.16. The zero-order chi connectivity index (χ0) is 13.1. The Kier molecular flexibility index (Phi) is 4.08. The second-order valence-corrected chi connectivity index (χ2v) is 6.23. The van der Waals surface area contributed by atoms with Crippen molar-refractivity contribution in [3.05, 3.63) is 46.2 Å². The highest BCUT2D eigenvalue weighted by atomic mass is 32.2. The Morgan fingerprint density at radius 3 is 2.50 bits per heavy atom. The molecule has 2 nitrogen and oxygen atoms in total. The number of anilines is 1. The van der Waals surface area contributed by atoms with Gasteiger partial charge in [-0.05, 0) is 30.0 Å². The molecule has 0 aliphatic carbocycles. The molecule has 1 atom stereocenters. The topological polar surface area (TPSA) is 43.1 Å². The Morgan fingerprint density at radius 1 is 1.28 bits per heavy atom. The van der Waals surface area contributed by atoms with E-state index < -0.39 is 22.4 Å². The molecule has 0 radical (unpaired) electrons. The van der Waals surface area contributed by atoms with E-state index >= 15 is 0 Å². The molecule has 1 heterocycles. The fraction of sp³-hybridized carbons (Fsp3) is 0.167. The van der Waals surface area contributed by atoms with Crippen LogP contribution >= 0.6 is 11.3 Å². The van der Waals surface area contributed by atoms with Gasteiger partial charge in [-0.2, -0.15) is 0 Å². The van der Waals surface area contributed by atoms with Gasteiger partial charge < -0.3 is 5.73 Å². The fourth-order valence-electron chi connectivity index (χ4n) is 1.55. The number of aryl methyl sites for hydroxylation is 1. The number of thiophene rings is 1. The average molecular weight is 287 g/mol. The van der Waals surface area contributed by atoms with Crippen molar-refractivity contribution in [1.82, 2.24) is 0 Å². The molecule has 0 aliphatic rings. The summed E-state index contributed by atoms with van der Waals surface area (Å²) in [4.78, 5) is 0.653. The molecule has 0 saturated carbocycles. The van der Waals surface area contributed by atoms with E-state index in [-0.39, 0.29) is 16.3 Å². The SMILES string of the molecule is Nc1cc(F)c(S(=O)CCc2cccs2)c(F)c1. The van der Waals surface area contributed by atoms with Crippen LogP contribution in [0.5, 0.6) is 0 Å². The van der Waals surface area contributed by atoms with Crippen molar-refractivity contribution in [2.75, 3.05) is 11.5 Å². The van der Waals surface area contributed by atoms with Crippen molar-refractivity contribution >= 4 is 27.8 Å². The maximum absolute atomic E-state index is 13.5. The number of nitrogens with two attached hydrogens (primary N) is 1. The van der Waals surface area contributed by atoms with Crippen LogP contribution in [0.2, 0.25) is 0 Å². The predicted octanol–water partition coefficient (Wildman–Crippen LogP) is 2.96. The quantitative estimate of drug-likeness (QED) is 0.879. The van der Waals surface area contributed by atoms with Crippen molar-refractivity contribution in [3.63, 3.8) is 0 Å². The van der Waals surface area contributed by atoms with Gasteiger partial charge in [-0.3, -0.25) is 4.21 Å². The molecule has 1 unspecified atom stereocenters. The normalized spacial score (nSPS) is 12.6. The van der Waals surface area contributed by atoms with Crippen LogP contribution in [-0.2, 0) is 17.2 Å². The Hall–Kier alpha value is -1.27. The third-order valence-electron chi connectivity index (χ3n) is 2.36. The van der Waals surface area contributed by atoms with Crippen molar-refractivity contribution < 1.29 is 13.0 Å². The zero-order valence-corrected chi connectivity index (χ0v) is 11.0. The van der Waals surface area contributed by atoms with Gasteiger partial charge in [0.2, 0.25) is 0 Å². The number of benzene rings is 1. The van der Waals surface area contributed by atoms with Crippen LogP contribution in [0.1, 0.15) is 4.88 Å². The number of hydrogen-bond acceptors (Lipinski definition) is 3. The summed E-state index contributed by atoms with van der Waals surface area (Å²) in [5, 5.41) is 1.91. The van der Waals surface area contributed by atoms with Gasteiger partial charge in [0.25, 0.3) is 0 Å². The summed E-state index contributed by atoms with van der Waals surface area (Å²) in [5.74, 6) is -1.51. The molecule has 2 N–H and O–H groups in total. The molecule has 0 saturated heterocycles. The lowest BCUT2D eigenvalue weighted by molar-refractivity contribution is 0.535. The van der Waals surface area contributed by atoms with Gasteiger partial charge in [0.05, 0.1) is 10.8 Å². The molecule has 0 spiro atoms. The maximum Gasteiger partial charge on any atom is 0.144 e. The van der Waals surface area contributed by atoms with E-state index in [0.717, 1.165) is 17.0 Å². The van der Waals surface area contributed by atoms with E-state index in [1.165, 1.54) is 11.3 Å². The Bertz CT molecular complexity index is 546. The van der Waals surface area contributed by atoms with Crippen LogP contribution in [0.4, 0.5) is 14.5 Å². The third kappa shape index (κ3) is 2.94. The molecular formula is C12H11F2NOS2. The van der Waals surface area contributed by atoms with Crippen molar-refractivity contribution in [1.29, 1.82) is 0 Å². The molecule has 18 heavy (non-hydrogen) atoms. The summed E-state index contributed by atoms with van der Waals surface area (Å²) in [6.45, 7) is 0. The summed E-state index contributed by atoms with van der Waals surface area (Å²) in [6.07, 6.45) is 0.535. The first-order valence-electron chi connectivity index (χ1n) is 5.23. The van der Waals surface area contributed by atoms with Crippen LogP contribution in [-0.4, -0.2) is 9.96 Å². The molecule has 96 valence electrons. The van der Waals surface area contributed by atoms with Gasteiger partial charge >= 0.3 is 0 Å². The molecule has 1 aromatic heterocycles. The highest BCUT2D eigenvalue weighted by molar-refractivity contribution is 7.85. The Balaban J connectivity index is 2.14. The first-order chi connectivity index (χ1) is 8.58. The zero-order valence-electron chi connectivity index (χ0n) is 9.36. The van der Waals surface area contributed by atoms with Crippen molar-refractivity contribution in [2.45, 2.75) is 11.3 Å². The minimum Gasteiger partial charge on any atom is -0.399 e. The van der Waals surface area contributed by atoms with Gasteiger partial charge in [-0.15, -0.1) is 11.3 Å². The van der Waals surface area contributed by atoms with Crippen LogP contribution in [0, 0.1) is 11.6 Å². The summed E-state index contributed by atoms with van der Waals surface area (Å²) in [5.41, 5.74) is 5.29. The van der Waals surface area contributed by atoms with Gasteiger partial charge in [0.15, 0.2) is 0 Å². The van der Waals surface area contributed by atoms with Crippen molar-refractivity contribution in [3.8, 4) is 0 Å². The van der Waals surface area contributed by atoms with Gasteiger partial charge in [0.1, 0.15) is 16.5 Å². The molecule has 0 fully saturated rings. The summed E-state index contributed by atoms with van der Waals surface area (Å²) in [6, 6.07) is 5.76. The second kappa shape index (κ2) is 5.58. The fourth-order valence-corrected chi connectivity index (χ4v) is 3.55. The van der Waals surface area contributed by atoms with Crippen molar-refractivity contribution in [2.24, 2.45) is 0 Å². The highest BCUT2D eigenvalue weighted by Crippen LogP contribution is 2.21. The summed E-state index contributed by atoms with van der Waals surface area (Å²) < 4.78 is 38.9. The standard InChI is InChI=1S/C12H11F2NOS2/c13-10-6-8(15)7-11(14)12(10)18(16)5-3-9-2-1-4-17-9/h1-2,4,6-7H,3,5,15H2. The van der Waals surface area contributed by atoms with E-state index in [1.54, 1.807) is 0 Å². The lowest BCUT2D eigenvalue weighted by atomic mass is 10.3. The molecule has 0 bridgehead atoms. The smallest absolute Gasteiger partial charge is 0.144 e. The molecule has 1 aromatic carbocycles. The van der Waals surface area contributed by atoms with Crippen LogP contribution in [0.3, 0.4) is 0 Å². The number of rotatable bonds is 4. The van der Waals surface area contributed by atoms with E-state index in [2.05, 4.69) is 0 Å². The Labute approximate surface area is 110 Å². The van der Waals surface area contributed by atoms with E-state index in [4.69, 9.17) is 5.73 Å². The van der Waals surface area contributed by atoms with E-state index in [9.17, 15) is 13.0 Å². The van der Waals surface area contributed by atoms with Gasteiger partial charge in [-0.1, -0.05) is 6.07 Å². The second-order valence-electron chi connectivity index (χ2n) is 3.69. The first-order valence-corrected chi connectivity index (χ1v) is 7.43. The average Bonchev–Trinajstić information content (AvgIpc) is 2.77. The first kappa shape index (κ1) is 13.2. The van der Waals surface area contributed by atoms with Crippen LogP contribution in [0.15, 0.2) is 34.5 Å². The number of halogens is 2. The third-order valence-corrected chi connectivity index (χ3v) is 4.72. The number of hydrogen-bond donors (Lipinski definition) is 1. The molecule has 0 amide bonds. The molecule has 6 heteroatoms.